The number of rotatable bonds is 3. The van der Waals surface area contributed by atoms with E-state index in [1.54, 1.807) is 0 Å². The van der Waals surface area contributed by atoms with Gasteiger partial charge in [0.15, 0.2) is 5.82 Å². The Morgan fingerprint density at radius 3 is 1.94 bits per heavy atom. The highest BCUT2D eigenvalue weighted by molar-refractivity contribution is 6.12. The van der Waals surface area contributed by atoms with Gasteiger partial charge in [-0.05, 0) is 34.4 Å². The Kier molecular flexibility index (Phi) is 4.78. The van der Waals surface area contributed by atoms with Crippen molar-refractivity contribution in [1.82, 2.24) is 15.0 Å². The summed E-state index contributed by atoms with van der Waals surface area (Å²) in [6.45, 7) is 0. The number of fused-ring (bicyclic) bond motifs is 4. The average Bonchev–Trinajstić information content (AvgIpc) is 2.97. The second-order valence-corrected chi connectivity index (χ2v) is 8.90. The van der Waals surface area contributed by atoms with Gasteiger partial charge in [-0.3, -0.25) is 4.98 Å². The highest BCUT2D eigenvalue weighted by atomic mass is 14.9. The molecule has 0 aliphatic rings. The first kappa shape index (κ1) is 20.5. The van der Waals surface area contributed by atoms with E-state index in [4.69, 9.17) is 9.97 Å². The molecule has 2 aromatic heterocycles. The van der Waals surface area contributed by atoms with Crippen molar-refractivity contribution >= 4 is 32.4 Å². The largest absolute Gasteiger partial charge is 0.256 e. The van der Waals surface area contributed by atoms with Crippen LogP contribution in [0.3, 0.4) is 0 Å². The fourth-order valence-electron chi connectivity index (χ4n) is 4.95. The minimum Gasteiger partial charge on any atom is -0.256 e. The van der Waals surface area contributed by atoms with Crippen molar-refractivity contribution in [3.8, 4) is 33.9 Å². The monoisotopic (exact) mass is 459 g/mol. The molecule has 0 radical (unpaired) electrons. The van der Waals surface area contributed by atoms with Crippen LogP contribution in [0.5, 0.6) is 0 Å². The highest BCUT2D eigenvalue weighted by Gasteiger charge is 2.15. The van der Waals surface area contributed by atoms with E-state index in [0.717, 1.165) is 44.4 Å². The Balaban J connectivity index is 1.50. The number of hydrogen-bond acceptors (Lipinski definition) is 3. The van der Waals surface area contributed by atoms with E-state index in [1.807, 2.05) is 24.4 Å². The first-order chi connectivity index (χ1) is 17.8. The normalized spacial score (nSPS) is 11.3. The highest BCUT2D eigenvalue weighted by Crippen LogP contribution is 2.36. The fourth-order valence-corrected chi connectivity index (χ4v) is 4.95. The van der Waals surface area contributed by atoms with Gasteiger partial charge in [-0.15, -0.1) is 0 Å². The first-order valence-electron chi connectivity index (χ1n) is 12.0. The van der Waals surface area contributed by atoms with Gasteiger partial charge in [0.25, 0.3) is 0 Å². The zero-order valence-corrected chi connectivity index (χ0v) is 19.5. The van der Waals surface area contributed by atoms with E-state index in [0.29, 0.717) is 5.82 Å². The average molecular weight is 460 g/mol. The van der Waals surface area contributed by atoms with Crippen LogP contribution in [-0.2, 0) is 0 Å². The Morgan fingerprint density at radius 1 is 0.444 bits per heavy atom. The van der Waals surface area contributed by atoms with Gasteiger partial charge in [0, 0.05) is 33.7 Å². The SMILES string of the molecule is c1ccc(-c2ccc(-c3nc(-c4cccc5ccccc45)c4ccc5ccccc5c4n3)cc2)nc1. The molecule has 0 atom stereocenters. The van der Waals surface area contributed by atoms with Gasteiger partial charge in [0.05, 0.1) is 16.9 Å². The van der Waals surface area contributed by atoms with Crippen LogP contribution in [0.4, 0.5) is 0 Å². The molecule has 0 amide bonds. The lowest BCUT2D eigenvalue weighted by atomic mass is 9.97. The van der Waals surface area contributed by atoms with Gasteiger partial charge in [-0.1, -0.05) is 103 Å². The Bertz CT molecular complexity index is 1870. The van der Waals surface area contributed by atoms with Crippen molar-refractivity contribution < 1.29 is 0 Å². The summed E-state index contributed by atoms with van der Waals surface area (Å²) >= 11 is 0. The summed E-state index contributed by atoms with van der Waals surface area (Å²) in [4.78, 5) is 14.8. The van der Waals surface area contributed by atoms with Gasteiger partial charge in [-0.2, -0.15) is 0 Å². The van der Waals surface area contributed by atoms with Gasteiger partial charge < -0.3 is 0 Å². The maximum absolute atomic E-state index is 5.17. The third-order valence-electron chi connectivity index (χ3n) is 6.74. The van der Waals surface area contributed by atoms with Crippen molar-refractivity contribution in [2.75, 3.05) is 0 Å². The minimum atomic E-state index is 0.717. The number of hydrogen-bond donors (Lipinski definition) is 0. The van der Waals surface area contributed by atoms with Crippen molar-refractivity contribution in [2.45, 2.75) is 0 Å². The number of aromatic nitrogens is 3. The number of pyridine rings is 1. The quantitative estimate of drug-likeness (QED) is 0.249. The lowest BCUT2D eigenvalue weighted by Crippen LogP contribution is -1.96. The molecule has 0 fully saturated rings. The molecule has 168 valence electrons. The minimum absolute atomic E-state index is 0.717. The van der Waals surface area contributed by atoms with Crippen LogP contribution in [0.25, 0.3) is 66.4 Å². The van der Waals surface area contributed by atoms with E-state index in [-0.39, 0.29) is 0 Å². The van der Waals surface area contributed by atoms with Crippen LogP contribution in [0.2, 0.25) is 0 Å². The summed E-state index contributed by atoms with van der Waals surface area (Å²) in [5.41, 5.74) is 6.03. The molecule has 0 unspecified atom stereocenters. The predicted molar refractivity (Wildman–Crippen MR) is 149 cm³/mol. The van der Waals surface area contributed by atoms with E-state index >= 15 is 0 Å². The van der Waals surface area contributed by atoms with Crippen LogP contribution >= 0.6 is 0 Å². The van der Waals surface area contributed by atoms with E-state index < -0.39 is 0 Å². The molecule has 7 aromatic rings. The lowest BCUT2D eigenvalue weighted by Gasteiger charge is -2.13. The summed E-state index contributed by atoms with van der Waals surface area (Å²) in [6.07, 6.45) is 1.82. The van der Waals surface area contributed by atoms with Crippen LogP contribution in [0.1, 0.15) is 0 Å². The Morgan fingerprint density at radius 2 is 1.14 bits per heavy atom. The second-order valence-electron chi connectivity index (χ2n) is 8.90. The Labute approximate surface area is 208 Å². The second kappa shape index (κ2) is 8.40. The molecule has 5 aromatic carbocycles. The molecule has 0 bridgehead atoms. The molecule has 0 spiro atoms. The number of nitrogens with zero attached hydrogens (tertiary/aromatic N) is 3. The molecule has 0 aliphatic carbocycles. The molecule has 36 heavy (non-hydrogen) atoms. The lowest BCUT2D eigenvalue weighted by molar-refractivity contribution is 1.23. The third kappa shape index (κ3) is 3.41. The van der Waals surface area contributed by atoms with Crippen LogP contribution in [0.15, 0.2) is 128 Å². The Hall–Kier alpha value is -4.89. The van der Waals surface area contributed by atoms with E-state index in [2.05, 4.69) is 108 Å². The van der Waals surface area contributed by atoms with Gasteiger partial charge in [-0.25, -0.2) is 9.97 Å². The smallest absolute Gasteiger partial charge is 0.160 e. The van der Waals surface area contributed by atoms with Crippen molar-refractivity contribution in [3.05, 3.63) is 128 Å². The van der Waals surface area contributed by atoms with Crippen LogP contribution in [-0.4, -0.2) is 15.0 Å². The molecule has 0 saturated carbocycles. The molecule has 2 heterocycles. The van der Waals surface area contributed by atoms with Gasteiger partial charge in [0.1, 0.15) is 0 Å². The zero-order valence-electron chi connectivity index (χ0n) is 19.5. The van der Waals surface area contributed by atoms with Crippen LogP contribution < -0.4 is 0 Å². The molecule has 0 N–H and O–H groups in total. The summed E-state index contributed by atoms with van der Waals surface area (Å²) in [7, 11) is 0. The summed E-state index contributed by atoms with van der Waals surface area (Å²) in [6, 6.07) is 41.9. The maximum atomic E-state index is 5.17. The molecular weight excluding hydrogens is 438 g/mol. The summed E-state index contributed by atoms with van der Waals surface area (Å²) in [5, 5.41) is 5.74. The van der Waals surface area contributed by atoms with Crippen molar-refractivity contribution in [1.29, 1.82) is 0 Å². The van der Waals surface area contributed by atoms with Gasteiger partial charge >= 0.3 is 0 Å². The third-order valence-corrected chi connectivity index (χ3v) is 6.74. The molecule has 3 heteroatoms. The van der Waals surface area contributed by atoms with E-state index in [1.165, 1.54) is 16.2 Å². The molecule has 0 aliphatic heterocycles. The van der Waals surface area contributed by atoms with E-state index in [9.17, 15) is 0 Å². The van der Waals surface area contributed by atoms with Gasteiger partial charge in [0.2, 0.25) is 0 Å². The molecule has 7 rings (SSSR count). The van der Waals surface area contributed by atoms with Crippen LogP contribution in [0, 0.1) is 0 Å². The fraction of sp³-hybridized carbons (Fsp3) is 0. The summed E-state index contributed by atoms with van der Waals surface area (Å²) in [5.74, 6) is 0.717. The van der Waals surface area contributed by atoms with Crippen molar-refractivity contribution in [2.24, 2.45) is 0 Å². The molecule has 0 saturated heterocycles. The summed E-state index contributed by atoms with van der Waals surface area (Å²) < 4.78 is 0. The van der Waals surface area contributed by atoms with Crippen molar-refractivity contribution in [3.63, 3.8) is 0 Å². The first-order valence-corrected chi connectivity index (χ1v) is 12.0. The topological polar surface area (TPSA) is 38.7 Å². The molecule has 3 nitrogen and oxygen atoms in total. The molecular formula is C33H21N3. The zero-order chi connectivity index (χ0) is 23.9. The standard InChI is InChI=1S/C33H21N3/c1-3-11-26-22(8-1)10-7-13-28(26)32-29-20-19-23-9-2-4-12-27(23)31(29)35-33(36-32)25-17-15-24(16-18-25)30-14-5-6-21-34-30/h1-21H. The predicted octanol–water partition coefficient (Wildman–Crippen LogP) is 8.33. The number of benzene rings is 5. The maximum Gasteiger partial charge on any atom is 0.160 e.